The average molecular weight is 126 g/mol. The standard InChI is InChI=1S/CHN.Co.K.H/c1-2;;;/h1H;;;. The maximum absolute atomic E-state index is 6.50. The number of hydrogen-bond acceptors (Lipinski definition) is 1. The molecule has 0 spiro atoms. The van der Waals surface area contributed by atoms with E-state index in [2.05, 4.69) is 6.57 Å². The van der Waals surface area contributed by atoms with E-state index in [1.54, 1.807) is 0 Å². The van der Waals surface area contributed by atoms with Crippen LogP contribution in [0.2, 0.25) is 0 Å². The average Bonchev–Trinajstić information content (AvgIpc) is 1.00. The summed E-state index contributed by atoms with van der Waals surface area (Å²) in [6, 6.07) is 0. The van der Waals surface area contributed by atoms with Gasteiger partial charge in [-0.1, -0.05) is 0 Å². The summed E-state index contributed by atoms with van der Waals surface area (Å²) in [6.45, 7) is 3.50. The quantitative estimate of drug-likeness (QED) is 0.401. The van der Waals surface area contributed by atoms with Crippen LogP contribution in [0, 0.1) is 11.8 Å². The molecule has 0 N–H and O–H groups in total. The van der Waals surface area contributed by atoms with Crippen molar-refractivity contribution in [2.75, 3.05) is 0 Å². The molecule has 3 heteroatoms. The Hall–Kier alpha value is 1.63. The summed E-state index contributed by atoms with van der Waals surface area (Å²) in [6.07, 6.45) is 0. The Kier molecular flexibility index (Phi) is 100.0. The molecule has 1 nitrogen and oxygen atoms in total. The molecular formula is CH2CoKN. The first-order valence-electron chi connectivity index (χ1n) is 0.258. The molecule has 1 radical (unpaired) electrons. The van der Waals surface area contributed by atoms with Crippen LogP contribution < -0.4 is 0 Å². The van der Waals surface area contributed by atoms with E-state index in [-0.39, 0.29) is 68.2 Å². The molecule has 0 unspecified atom stereocenters. The van der Waals surface area contributed by atoms with Gasteiger partial charge in [-0.25, -0.2) is 5.26 Å². The summed E-state index contributed by atoms with van der Waals surface area (Å²) in [4.78, 5) is 0. The van der Waals surface area contributed by atoms with Crippen LogP contribution in [-0.2, 0) is 16.8 Å². The molecule has 0 aromatic rings. The Morgan fingerprint density at radius 3 is 1.25 bits per heavy atom. The van der Waals surface area contributed by atoms with Crippen molar-refractivity contribution in [1.29, 1.82) is 5.26 Å². The molecule has 0 amide bonds. The molecule has 0 aromatic carbocycles. The Bertz CT molecular complexity index is 12.8. The molecule has 0 heterocycles. The van der Waals surface area contributed by atoms with Gasteiger partial charge in [0.25, 0.3) is 0 Å². The monoisotopic (exact) mass is 126 g/mol. The molecular weight excluding hydrogens is 124 g/mol. The van der Waals surface area contributed by atoms with E-state index >= 15 is 0 Å². The van der Waals surface area contributed by atoms with Gasteiger partial charge in [-0.15, -0.1) is 0 Å². The second-order valence-electron chi connectivity index (χ2n) is 0. The zero-order chi connectivity index (χ0) is 2.00. The zero-order valence-electron chi connectivity index (χ0n) is 1.36. The van der Waals surface area contributed by atoms with Crippen LogP contribution in [-0.4, -0.2) is 51.4 Å². The van der Waals surface area contributed by atoms with Crippen LogP contribution in [0.3, 0.4) is 0 Å². The van der Waals surface area contributed by atoms with Gasteiger partial charge in [0.05, 0.1) is 0 Å². The van der Waals surface area contributed by atoms with Crippen molar-refractivity contribution in [3.05, 3.63) is 0 Å². The molecule has 0 rings (SSSR count). The number of rotatable bonds is 0. The van der Waals surface area contributed by atoms with Crippen molar-refractivity contribution in [3.8, 4) is 6.57 Å². The van der Waals surface area contributed by atoms with Gasteiger partial charge in [0, 0.05) is 23.4 Å². The van der Waals surface area contributed by atoms with Crippen LogP contribution in [0.1, 0.15) is 0 Å². The second-order valence-corrected chi connectivity index (χ2v) is 0. The fourth-order valence-corrected chi connectivity index (χ4v) is 0. The van der Waals surface area contributed by atoms with Crippen LogP contribution in [0.4, 0.5) is 0 Å². The molecule has 4 heavy (non-hydrogen) atoms. The summed E-state index contributed by atoms with van der Waals surface area (Å²) in [7, 11) is 0. The molecule has 0 bridgehead atoms. The molecule has 0 aromatic heterocycles. The fourth-order valence-electron chi connectivity index (χ4n) is 0. The van der Waals surface area contributed by atoms with E-state index in [9.17, 15) is 0 Å². The van der Waals surface area contributed by atoms with Crippen molar-refractivity contribution in [3.63, 3.8) is 0 Å². The molecule has 0 aliphatic heterocycles. The normalized spacial score (nSPS) is 0.500. The predicted molar refractivity (Wildman–Crippen MR) is 13.8 cm³/mol. The molecule has 0 atom stereocenters. The topological polar surface area (TPSA) is 23.8 Å². The summed E-state index contributed by atoms with van der Waals surface area (Å²) < 4.78 is 0. The Labute approximate surface area is 78.4 Å². The van der Waals surface area contributed by atoms with E-state index in [0.29, 0.717) is 0 Å². The molecule has 0 saturated heterocycles. The van der Waals surface area contributed by atoms with E-state index in [0.717, 1.165) is 0 Å². The first-order valence-corrected chi connectivity index (χ1v) is 0.258. The zero-order valence-corrected chi connectivity index (χ0v) is 2.40. The molecule has 0 aliphatic rings. The van der Waals surface area contributed by atoms with Crippen LogP contribution >= 0.6 is 0 Å². The summed E-state index contributed by atoms with van der Waals surface area (Å²) in [5.41, 5.74) is 0. The predicted octanol–water partition coefficient (Wildman–Crippen LogP) is -0.511. The molecule has 0 fully saturated rings. The van der Waals surface area contributed by atoms with E-state index in [1.807, 2.05) is 0 Å². The van der Waals surface area contributed by atoms with Crippen molar-refractivity contribution >= 4 is 51.4 Å². The van der Waals surface area contributed by atoms with Crippen LogP contribution in [0.25, 0.3) is 0 Å². The maximum atomic E-state index is 6.50. The summed E-state index contributed by atoms with van der Waals surface area (Å²) in [5.74, 6) is 0. The first kappa shape index (κ1) is 17.4. The van der Waals surface area contributed by atoms with Gasteiger partial charge in [0.15, 0.2) is 0 Å². The van der Waals surface area contributed by atoms with Crippen LogP contribution in [0.5, 0.6) is 0 Å². The number of nitriles is 1. The van der Waals surface area contributed by atoms with Gasteiger partial charge in [-0.05, 0) is 0 Å². The van der Waals surface area contributed by atoms with E-state index < -0.39 is 0 Å². The minimum absolute atomic E-state index is 0. The van der Waals surface area contributed by atoms with Gasteiger partial charge in [0.1, 0.15) is 0 Å². The van der Waals surface area contributed by atoms with Crippen molar-refractivity contribution in [2.24, 2.45) is 0 Å². The van der Waals surface area contributed by atoms with Gasteiger partial charge >= 0.3 is 51.4 Å². The van der Waals surface area contributed by atoms with Crippen LogP contribution in [0.15, 0.2) is 0 Å². The first-order chi connectivity index (χ1) is 1.00. The van der Waals surface area contributed by atoms with Gasteiger partial charge in [-0.2, -0.15) is 0 Å². The Morgan fingerprint density at radius 2 is 1.25 bits per heavy atom. The summed E-state index contributed by atoms with van der Waals surface area (Å²) >= 11 is 0. The molecule has 0 saturated carbocycles. The molecule has 21 valence electrons. The van der Waals surface area contributed by atoms with Gasteiger partial charge < -0.3 is 0 Å². The third-order valence-corrected chi connectivity index (χ3v) is 0. The molecule has 0 aliphatic carbocycles. The Balaban J connectivity index is -0.00000000500. The Morgan fingerprint density at radius 1 is 1.25 bits per heavy atom. The van der Waals surface area contributed by atoms with Crippen molar-refractivity contribution in [1.82, 2.24) is 0 Å². The summed E-state index contributed by atoms with van der Waals surface area (Å²) in [5, 5.41) is 6.50. The fraction of sp³-hybridized carbons (Fsp3) is 0. The number of hydrogen-bond donors (Lipinski definition) is 0. The third kappa shape index (κ3) is 9.45. The SMILES string of the molecule is C#N.[Co].[KH]. The van der Waals surface area contributed by atoms with Gasteiger partial charge in [-0.3, -0.25) is 0 Å². The third-order valence-electron chi connectivity index (χ3n) is 0. The van der Waals surface area contributed by atoms with Gasteiger partial charge in [0.2, 0.25) is 0 Å². The second kappa shape index (κ2) is 22.9. The number of nitrogens with zero attached hydrogens (tertiary/aromatic N) is 1. The minimum atomic E-state index is 0. The van der Waals surface area contributed by atoms with E-state index in [4.69, 9.17) is 5.26 Å². The van der Waals surface area contributed by atoms with Crippen molar-refractivity contribution < 1.29 is 16.8 Å². The van der Waals surface area contributed by atoms with E-state index in [1.165, 1.54) is 0 Å². The van der Waals surface area contributed by atoms with Crippen molar-refractivity contribution in [2.45, 2.75) is 0 Å².